The van der Waals surface area contributed by atoms with Crippen molar-refractivity contribution in [2.45, 2.75) is 276 Å². The average molecular weight is 1070 g/mol. The summed E-state index contributed by atoms with van der Waals surface area (Å²) in [5, 5.41) is 14.1. The van der Waals surface area contributed by atoms with E-state index in [1.54, 1.807) is 60.7 Å². The number of rotatable bonds is 46. The molecule has 428 valence electrons. The Bertz CT molecular complexity index is 1720. The van der Waals surface area contributed by atoms with E-state index in [4.69, 9.17) is 33.5 Å². The number of amides is 1. The molecule has 0 spiro atoms. The largest absolute Gasteiger partial charge is 0.588 e. The van der Waals surface area contributed by atoms with Crippen LogP contribution in [-0.4, -0.2) is 72.7 Å². The van der Waals surface area contributed by atoms with E-state index in [2.05, 4.69) is 26.1 Å². The highest BCUT2D eigenvalue weighted by Gasteiger charge is 2.51. The minimum absolute atomic E-state index is 0.177. The van der Waals surface area contributed by atoms with Crippen LogP contribution in [0.4, 0.5) is 0 Å². The van der Waals surface area contributed by atoms with Crippen molar-refractivity contribution >= 4 is 25.7 Å². The van der Waals surface area contributed by atoms with E-state index in [0.29, 0.717) is 19.3 Å². The lowest BCUT2D eigenvalue weighted by molar-refractivity contribution is -0.195. The fourth-order valence-electron chi connectivity index (χ4n) is 9.77. The maximum Gasteiger partial charge on any atom is 0.588 e. The zero-order valence-corrected chi connectivity index (χ0v) is 48.0. The van der Waals surface area contributed by atoms with Gasteiger partial charge in [0.15, 0.2) is 6.10 Å². The van der Waals surface area contributed by atoms with Gasteiger partial charge in [0.1, 0.15) is 36.4 Å². The fraction of sp³-hybridized carbons (Fsp3) is 0.754. The SMILES string of the molecule is CCCCCCCCCCCCC(CCCCCCCCCCCC)C(=O)O[C@H]1[C@H](OP(=O)(Oc2ccccc2)Oc2ccccc2)[C@@H](COC(=O)[C@H](C)N)OC[C@@H]1NC(=O)C[C@H](O)CCCCCCCCCCC. The number of esters is 2. The van der Waals surface area contributed by atoms with Crippen LogP contribution in [0.15, 0.2) is 60.7 Å². The van der Waals surface area contributed by atoms with Gasteiger partial charge in [-0.3, -0.25) is 18.9 Å². The Balaban J connectivity index is 1.92. The lowest BCUT2D eigenvalue weighted by Crippen LogP contribution is -2.62. The number of aliphatic hydroxyl groups is 1. The number of carbonyl (C=O) groups is 3. The molecule has 75 heavy (non-hydrogen) atoms. The summed E-state index contributed by atoms with van der Waals surface area (Å²) in [4.78, 5) is 41.7. The fourth-order valence-corrected chi connectivity index (χ4v) is 11.2. The summed E-state index contributed by atoms with van der Waals surface area (Å²) in [5.41, 5.74) is 5.90. The highest BCUT2D eigenvalue weighted by molar-refractivity contribution is 7.49. The first-order chi connectivity index (χ1) is 36.5. The Hall–Kier alpha value is -3.48. The van der Waals surface area contributed by atoms with Crippen molar-refractivity contribution in [2.75, 3.05) is 13.2 Å². The van der Waals surface area contributed by atoms with Gasteiger partial charge in [0.05, 0.1) is 31.1 Å². The van der Waals surface area contributed by atoms with Gasteiger partial charge in [0, 0.05) is 0 Å². The number of aliphatic hydroxyl groups excluding tert-OH is 1. The highest BCUT2D eigenvalue weighted by atomic mass is 31.2. The van der Waals surface area contributed by atoms with Crippen LogP contribution >= 0.6 is 7.82 Å². The number of nitrogens with one attached hydrogen (secondary N) is 1. The number of para-hydroxylation sites is 2. The molecule has 3 rings (SSSR count). The van der Waals surface area contributed by atoms with Gasteiger partial charge in [-0.05, 0) is 50.5 Å². The lowest BCUT2D eigenvalue weighted by Gasteiger charge is -2.42. The van der Waals surface area contributed by atoms with Crippen LogP contribution in [0.3, 0.4) is 0 Å². The highest BCUT2D eigenvalue weighted by Crippen LogP contribution is 2.52. The molecule has 0 bridgehead atoms. The van der Waals surface area contributed by atoms with Gasteiger partial charge in [-0.25, -0.2) is 4.57 Å². The minimum atomic E-state index is -4.72. The van der Waals surface area contributed by atoms with E-state index in [-0.39, 0.29) is 24.5 Å². The Kier molecular flexibility index (Phi) is 36.5. The molecule has 2 aromatic carbocycles. The summed E-state index contributed by atoms with van der Waals surface area (Å²) in [6.07, 6.45) is 30.4. The molecule has 6 atom stereocenters. The number of ether oxygens (including phenoxy) is 3. The predicted molar refractivity (Wildman–Crippen MR) is 302 cm³/mol. The first-order valence-electron chi connectivity index (χ1n) is 30.0. The van der Waals surface area contributed by atoms with Crippen molar-refractivity contribution in [2.24, 2.45) is 11.7 Å². The summed E-state index contributed by atoms with van der Waals surface area (Å²) in [6, 6.07) is 14.9. The molecule has 1 aliphatic heterocycles. The Morgan fingerprint density at radius 3 is 1.41 bits per heavy atom. The molecule has 1 fully saturated rings. The number of nitrogens with two attached hydrogens (primary N) is 1. The number of hydrogen-bond acceptors (Lipinski definition) is 12. The van der Waals surface area contributed by atoms with Gasteiger partial charge >= 0.3 is 19.8 Å². The number of benzene rings is 2. The molecule has 13 nitrogen and oxygen atoms in total. The van der Waals surface area contributed by atoms with Gasteiger partial charge in [-0.1, -0.05) is 243 Å². The van der Waals surface area contributed by atoms with Crippen LogP contribution in [0.1, 0.15) is 240 Å². The van der Waals surface area contributed by atoms with E-state index >= 15 is 4.57 Å². The molecule has 1 aliphatic rings. The summed E-state index contributed by atoms with van der Waals surface area (Å²) in [5.74, 6) is -1.72. The van der Waals surface area contributed by atoms with Crippen molar-refractivity contribution in [1.29, 1.82) is 0 Å². The van der Waals surface area contributed by atoms with E-state index < -0.39 is 74.7 Å². The average Bonchev–Trinajstić information content (AvgIpc) is 3.39. The number of phosphoric acid groups is 1. The number of unbranched alkanes of at least 4 members (excludes halogenated alkanes) is 26. The molecule has 1 amide bonds. The molecule has 1 saturated heterocycles. The van der Waals surface area contributed by atoms with Gasteiger partial charge in [-0.15, -0.1) is 0 Å². The van der Waals surface area contributed by atoms with Crippen molar-refractivity contribution in [3.05, 3.63) is 60.7 Å². The second-order valence-corrected chi connectivity index (χ2v) is 22.8. The maximum atomic E-state index is 15.2. The molecule has 0 radical (unpaired) electrons. The molecular weight excluding hydrogens is 968 g/mol. The lowest BCUT2D eigenvalue weighted by atomic mass is 9.93. The van der Waals surface area contributed by atoms with Gasteiger partial charge < -0.3 is 39.4 Å². The van der Waals surface area contributed by atoms with Crippen LogP contribution in [0.25, 0.3) is 0 Å². The first kappa shape index (κ1) is 65.8. The topological polar surface area (TPSA) is 182 Å². The van der Waals surface area contributed by atoms with Crippen LogP contribution in [-0.2, 0) is 37.7 Å². The van der Waals surface area contributed by atoms with Crippen molar-refractivity contribution < 1.29 is 51.8 Å². The second-order valence-electron chi connectivity index (χ2n) is 21.3. The van der Waals surface area contributed by atoms with Gasteiger partial charge in [-0.2, -0.15) is 0 Å². The Labute approximate surface area is 454 Å². The number of carbonyl (C=O) groups excluding carboxylic acids is 3. The third-order valence-electron chi connectivity index (χ3n) is 14.3. The van der Waals surface area contributed by atoms with Crippen molar-refractivity contribution in [3.63, 3.8) is 0 Å². The van der Waals surface area contributed by atoms with Crippen molar-refractivity contribution in [1.82, 2.24) is 5.32 Å². The molecule has 0 saturated carbocycles. The van der Waals surface area contributed by atoms with Crippen molar-refractivity contribution in [3.8, 4) is 11.5 Å². The van der Waals surface area contributed by atoms with Crippen LogP contribution in [0.2, 0.25) is 0 Å². The molecule has 14 heteroatoms. The molecule has 4 N–H and O–H groups in total. The Morgan fingerprint density at radius 2 is 1.00 bits per heavy atom. The van der Waals surface area contributed by atoms with Gasteiger partial charge in [0.25, 0.3) is 0 Å². The predicted octanol–water partition coefficient (Wildman–Crippen LogP) is 15.2. The first-order valence-corrected chi connectivity index (χ1v) is 31.4. The standard InChI is InChI=1S/C61H103N2O11P/c1-5-8-11-14-17-20-23-25-28-33-40-51(41-34-29-26-24-21-18-15-12-9-6-2)61(67)71-58-55(63-57(65)47-52(64)42-35-30-27-22-19-16-13-10-7-3)48-69-56(49-70-60(66)50(4)62)59(58)74-75(68,72-53-43-36-31-37-44-53)73-54-45-38-32-39-46-54/h31-32,36-39,43-46,50-52,55-56,58-59,64H,5-30,33-35,40-42,47-49,62H2,1-4H3,(H,63,65)/t50-,52+,55-,56+,58+,59+/m0/s1. The van der Waals surface area contributed by atoms with E-state index in [0.717, 1.165) is 64.2 Å². The maximum absolute atomic E-state index is 15.2. The zero-order chi connectivity index (χ0) is 54.2. The van der Waals surface area contributed by atoms with Gasteiger partial charge in [0.2, 0.25) is 5.91 Å². The normalized spacial score (nSPS) is 17.6. The summed E-state index contributed by atoms with van der Waals surface area (Å²) in [7, 11) is -4.72. The molecule has 2 aromatic rings. The molecule has 0 aromatic heterocycles. The second kappa shape index (κ2) is 41.6. The quantitative estimate of drug-likeness (QED) is 0.0325. The summed E-state index contributed by atoms with van der Waals surface area (Å²) < 4.78 is 52.4. The summed E-state index contributed by atoms with van der Waals surface area (Å²) >= 11 is 0. The number of hydrogen-bond donors (Lipinski definition) is 3. The third kappa shape index (κ3) is 30.3. The minimum Gasteiger partial charge on any atom is -0.462 e. The van der Waals surface area contributed by atoms with Crippen LogP contribution in [0, 0.1) is 5.92 Å². The van der Waals surface area contributed by atoms with Crippen LogP contribution in [0.5, 0.6) is 11.5 Å². The summed E-state index contributed by atoms with van der Waals surface area (Å²) in [6.45, 7) is 7.60. The Morgan fingerprint density at radius 1 is 0.600 bits per heavy atom. The van der Waals surface area contributed by atoms with E-state index in [1.807, 2.05) is 0 Å². The van der Waals surface area contributed by atoms with Crippen LogP contribution < -0.4 is 20.1 Å². The zero-order valence-electron chi connectivity index (χ0n) is 47.1. The molecule has 0 aliphatic carbocycles. The number of phosphoric ester groups is 1. The monoisotopic (exact) mass is 1070 g/mol. The molecule has 1 heterocycles. The molecular formula is C61H103N2O11P. The van der Waals surface area contributed by atoms with E-state index in [1.165, 1.54) is 129 Å². The van der Waals surface area contributed by atoms with E-state index in [9.17, 15) is 19.5 Å². The smallest absolute Gasteiger partial charge is 0.462 e. The molecule has 0 unspecified atom stereocenters. The third-order valence-corrected chi connectivity index (χ3v) is 15.7.